The summed E-state index contributed by atoms with van der Waals surface area (Å²) in [5, 5.41) is 2.70. The summed E-state index contributed by atoms with van der Waals surface area (Å²) in [6.45, 7) is 3.48. The van der Waals surface area contributed by atoms with Gasteiger partial charge in [-0.1, -0.05) is 44.2 Å². The van der Waals surface area contributed by atoms with Crippen LogP contribution in [0.4, 0.5) is 13.2 Å². The molecule has 0 saturated carbocycles. The van der Waals surface area contributed by atoms with Crippen molar-refractivity contribution in [2.45, 2.75) is 25.4 Å². The van der Waals surface area contributed by atoms with Crippen molar-refractivity contribution in [2.24, 2.45) is 0 Å². The van der Waals surface area contributed by atoms with Gasteiger partial charge in [-0.3, -0.25) is 4.79 Å². The highest BCUT2D eigenvalue weighted by atomic mass is 19.4. The Kier molecular flexibility index (Phi) is 6.36. The van der Waals surface area contributed by atoms with Crippen LogP contribution in [-0.2, 0) is 16.4 Å². The molecule has 0 saturated heterocycles. The monoisotopic (exact) mass is 381 g/mol. The lowest BCUT2D eigenvalue weighted by molar-refractivity contribution is -0.137. The Labute approximate surface area is 156 Å². The second-order valence-corrected chi connectivity index (χ2v) is 6.68. The van der Waals surface area contributed by atoms with Crippen LogP contribution in [0.15, 0.2) is 48.5 Å². The van der Waals surface area contributed by atoms with Crippen molar-refractivity contribution in [3.05, 3.63) is 59.7 Å². The van der Waals surface area contributed by atoms with Gasteiger partial charge in [0.15, 0.2) is 18.1 Å². The number of alkyl halides is 3. The minimum absolute atomic E-state index is 0.169. The van der Waals surface area contributed by atoms with Crippen LogP contribution >= 0.6 is 0 Å². The molecule has 2 rings (SSSR count). The fourth-order valence-corrected chi connectivity index (χ4v) is 2.47. The summed E-state index contributed by atoms with van der Waals surface area (Å²) in [5.74, 6) is 0.572. The normalized spacial score (nSPS) is 11.8. The summed E-state index contributed by atoms with van der Waals surface area (Å²) < 4.78 is 49.3. The average molecular weight is 381 g/mol. The highest BCUT2D eigenvalue weighted by Gasteiger charge is 2.32. The molecule has 2 aromatic carbocycles. The molecule has 0 unspecified atom stereocenters. The minimum atomic E-state index is -4.40. The van der Waals surface area contributed by atoms with Crippen molar-refractivity contribution in [2.75, 3.05) is 20.3 Å². The summed E-state index contributed by atoms with van der Waals surface area (Å²) in [5.41, 5.74) is -0.899. The molecule has 0 radical (unpaired) electrons. The molecule has 1 amide bonds. The number of nitrogens with one attached hydrogen (secondary N) is 1. The number of hydrogen-bond acceptors (Lipinski definition) is 3. The fourth-order valence-electron chi connectivity index (χ4n) is 2.47. The van der Waals surface area contributed by atoms with Crippen LogP contribution in [0.3, 0.4) is 0 Å². The van der Waals surface area contributed by atoms with E-state index in [0.717, 1.165) is 12.1 Å². The number of amides is 1. The number of carbonyl (C=O) groups excluding carboxylic acids is 1. The summed E-state index contributed by atoms with van der Waals surface area (Å²) in [6, 6.07) is 12.1. The molecule has 146 valence electrons. The molecule has 0 heterocycles. The van der Waals surface area contributed by atoms with E-state index in [9.17, 15) is 18.0 Å². The lowest BCUT2D eigenvalue weighted by Gasteiger charge is -2.26. The molecular weight excluding hydrogens is 359 g/mol. The van der Waals surface area contributed by atoms with Crippen LogP contribution in [0, 0.1) is 0 Å². The molecular formula is C20H22F3NO3. The van der Waals surface area contributed by atoms with Crippen LogP contribution in [-0.4, -0.2) is 26.2 Å². The van der Waals surface area contributed by atoms with E-state index < -0.39 is 17.2 Å². The number of methoxy groups -OCH3 is 1. The van der Waals surface area contributed by atoms with Gasteiger partial charge < -0.3 is 14.8 Å². The quantitative estimate of drug-likeness (QED) is 0.783. The molecule has 0 fully saturated rings. The van der Waals surface area contributed by atoms with Crippen LogP contribution < -0.4 is 14.8 Å². The molecule has 0 atom stereocenters. The molecule has 0 aliphatic rings. The molecule has 0 aliphatic heterocycles. The lowest BCUT2D eigenvalue weighted by atomic mass is 9.83. The van der Waals surface area contributed by atoms with E-state index in [1.165, 1.54) is 13.2 Å². The summed E-state index contributed by atoms with van der Waals surface area (Å²) in [7, 11) is 1.50. The second-order valence-electron chi connectivity index (χ2n) is 6.68. The Morgan fingerprint density at radius 1 is 1.00 bits per heavy atom. The first kappa shape index (κ1) is 20.6. The van der Waals surface area contributed by atoms with Crippen LogP contribution in [0.25, 0.3) is 0 Å². The Morgan fingerprint density at radius 3 is 2.26 bits per heavy atom. The van der Waals surface area contributed by atoms with Gasteiger partial charge >= 0.3 is 6.18 Å². The van der Waals surface area contributed by atoms with E-state index in [1.54, 1.807) is 44.2 Å². The van der Waals surface area contributed by atoms with Gasteiger partial charge in [0.1, 0.15) is 0 Å². The first-order valence-corrected chi connectivity index (χ1v) is 8.34. The predicted octanol–water partition coefficient (Wildman–Crippen LogP) is 4.19. The molecule has 2 aromatic rings. The number of ether oxygens (including phenoxy) is 2. The van der Waals surface area contributed by atoms with Crippen molar-refractivity contribution in [1.82, 2.24) is 5.32 Å². The predicted molar refractivity (Wildman–Crippen MR) is 96.0 cm³/mol. The number of para-hydroxylation sites is 2. The molecule has 0 bridgehead atoms. The van der Waals surface area contributed by atoms with E-state index >= 15 is 0 Å². The zero-order chi connectivity index (χ0) is 20.1. The molecule has 27 heavy (non-hydrogen) atoms. The largest absolute Gasteiger partial charge is 0.493 e. The highest BCUT2D eigenvalue weighted by molar-refractivity contribution is 5.77. The third kappa shape index (κ3) is 5.64. The average Bonchev–Trinajstić information content (AvgIpc) is 2.64. The maximum absolute atomic E-state index is 12.9. The van der Waals surface area contributed by atoms with Gasteiger partial charge in [-0.05, 0) is 23.8 Å². The summed E-state index contributed by atoms with van der Waals surface area (Å²) >= 11 is 0. The first-order chi connectivity index (χ1) is 12.6. The minimum Gasteiger partial charge on any atom is -0.493 e. The number of rotatable bonds is 7. The third-order valence-corrected chi connectivity index (χ3v) is 4.13. The maximum Gasteiger partial charge on any atom is 0.416 e. The SMILES string of the molecule is COc1ccccc1OCC(=O)NCC(C)(C)c1cccc(C(F)(F)F)c1. The third-order valence-electron chi connectivity index (χ3n) is 4.13. The van der Waals surface area contributed by atoms with E-state index in [2.05, 4.69) is 5.32 Å². The Morgan fingerprint density at radius 2 is 1.63 bits per heavy atom. The molecule has 0 spiro atoms. The van der Waals surface area contributed by atoms with Crippen molar-refractivity contribution in [3.63, 3.8) is 0 Å². The standard InChI is InChI=1S/C20H22F3NO3/c1-19(2,14-7-6-8-15(11-14)20(21,22)23)13-24-18(25)12-27-17-10-5-4-9-16(17)26-3/h4-11H,12-13H2,1-3H3,(H,24,25). The van der Waals surface area contributed by atoms with Gasteiger partial charge in [0.05, 0.1) is 12.7 Å². The first-order valence-electron chi connectivity index (χ1n) is 8.34. The van der Waals surface area contributed by atoms with Crippen molar-refractivity contribution >= 4 is 5.91 Å². The number of benzene rings is 2. The zero-order valence-electron chi connectivity index (χ0n) is 15.4. The maximum atomic E-state index is 12.9. The van der Waals surface area contributed by atoms with Gasteiger partial charge in [0, 0.05) is 12.0 Å². The number of hydrogen-bond donors (Lipinski definition) is 1. The Bertz CT molecular complexity index is 788. The number of carbonyl (C=O) groups is 1. The fraction of sp³-hybridized carbons (Fsp3) is 0.350. The Hall–Kier alpha value is -2.70. The van der Waals surface area contributed by atoms with Crippen LogP contribution in [0.5, 0.6) is 11.5 Å². The van der Waals surface area contributed by atoms with Crippen LogP contribution in [0.2, 0.25) is 0 Å². The van der Waals surface area contributed by atoms with Crippen molar-refractivity contribution in [1.29, 1.82) is 0 Å². The van der Waals surface area contributed by atoms with Gasteiger partial charge in [-0.2, -0.15) is 13.2 Å². The second kappa shape index (κ2) is 8.33. The topological polar surface area (TPSA) is 47.6 Å². The van der Waals surface area contributed by atoms with Crippen molar-refractivity contribution < 1.29 is 27.4 Å². The van der Waals surface area contributed by atoms with E-state index in [1.807, 2.05) is 0 Å². The van der Waals surface area contributed by atoms with Gasteiger partial charge in [0.2, 0.25) is 0 Å². The zero-order valence-corrected chi connectivity index (χ0v) is 15.4. The molecule has 4 nitrogen and oxygen atoms in total. The molecule has 0 aliphatic carbocycles. The molecule has 7 heteroatoms. The van der Waals surface area contributed by atoms with Crippen LogP contribution in [0.1, 0.15) is 25.0 Å². The van der Waals surface area contributed by atoms with E-state index in [0.29, 0.717) is 17.1 Å². The lowest BCUT2D eigenvalue weighted by Crippen LogP contribution is -2.39. The van der Waals surface area contributed by atoms with Gasteiger partial charge in [0.25, 0.3) is 5.91 Å². The van der Waals surface area contributed by atoms with Gasteiger partial charge in [-0.25, -0.2) is 0 Å². The number of halogens is 3. The van der Waals surface area contributed by atoms with Gasteiger partial charge in [-0.15, -0.1) is 0 Å². The summed E-state index contributed by atoms with van der Waals surface area (Å²) in [6.07, 6.45) is -4.40. The molecule has 0 aromatic heterocycles. The highest BCUT2D eigenvalue weighted by Crippen LogP contribution is 2.32. The van der Waals surface area contributed by atoms with Crippen molar-refractivity contribution in [3.8, 4) is 11.5 Å². The molecule has 1 N–H and O–H groups in total. The van der Waals surface area contributed by atoms with E-state index in [4.69, 9.17) is 9.47 Å². The smallest absolute Gasteiger partial charge is 0.416 e. The van der Waals surface area contributed by atoms with E-state index in [-0.39, 0.29) is 19.1 Å². The summed E-state index contributed by atoms with van der Waals surface area (Å²) in [4.78, 5) is 12.1. The Balaban J connectivity index is 1.95.